The van der Waals surface area contributed by atoms with Gasteiger partial charge in [-0.3, -0.25) is 24.0 Å². The highest BCUT2D eigenvalue weighted by atomic mass is 19.1. The minimum atomic E-state index is -0.655. The van der Waals surface area contributed by atoms with Crippen LogP contribution in [0.2, 0.25) is 0 Å². The molecule has 0 aliphatic rings. The normalized spacial score (nSPS) is 10.7. The predicted molar refractivity (Wildman–Crippen MR) is 88.9 cm³/mol. The Morgan fingerprint density at radius 2 is 1.84 bits per heavy atom. The number of H-pyrrole nitrogens is 1. The summed E-state index contributed by atoms with van der Waals surface area (Å²) in [7, 11) is 2.72. The minimum absolute atomic E-state index is 0.0900. The van der Waals surface area contributed by atoms with Crippen LogP contribution in [-0.4, -0.2) is 25.0 Å². The number of amides is 1. The van der Waals surface area contributed by atoms with Gasteiger partial charge in [-0.25, -0.2) is 14.2 Å². The van der Waals surface area contributed by atoms with Crippen molar-refractivity contribution in [1.29, 1.82) is 0 Å². The van der Waals surface area contributed by atoms with Crippen molar-refractivity contribution in [2.24, 2.45) is 14.1 Å². The first-order valence-corrected chi connectivity index (χ1v) is 7.26. The number of imidazole rings is 1. The molecule has 1 amide bonds. The van der Waals surface area contributed by atoms with E-state index in [1.807, 2.05) is 0 Å². The van der Waals surface area contributed by atoms with E-state index in [4.69, 9.17) is 0 Å². The lowest BCUT2D eigenvalue weighted by molar-refractivity contribution is 0.101. The zero-order valence-corrected chi connectivity index (χ0v) is 13.4. The first-order chi connectivity index (χ1) is 11.9. The second-order valence-corrected chi connectivity index (χ2v) is 5.37. The Morgan fingerprint density at radius 3 is 2.52 bits per heavy atom. The van der Waals surface area contributed by atoms with Crippen LogP contribution < -0.4 is 16.6 Å². The Bertz CT molecular complexity index is 1060. The number of rotatable bonds is 3. The largest absolute Gasteiger partial charge is 0.331 e. The third-order valence-electron chi connectivity index (χ3n) is 3.72. The second kappa shape index (κ2) is 6.19. The molecular weight excluding hydrogens is 329 g/mol. The summed E-state index contributed by atoms with van der Waals surface area (Å²) in [5.41, 5.74) is -0.0137. The predicted octanol–water partition coefficient (Wildman–Crippen LogP) is 0.865. The zero-order chi connectivity index (χ0) is 18.1. The van der Waals surface area contributed by atoms with Crippen LogP contribution >= 0.6 is 0 Å². The van der Waals surface area contributed by atoms with Gasteiger partial charge in [0.15, 0.2) is 0 Å². The molecule has 0 unspecified atom stereocenters. The van der Waals surface area contributed by atoms with Crippen molar-refractivity contribution < 1.29 is 9.18 Å². The van der Waals surface area contributed by atoms with Crippen LogP contribution in [0.15, 0.2) is 46.1 Å². The fraction of sp³-hybridized carbons (Fsp3) is 0.125. The summed E-state index contributed by atoms with van der Waals surface area (Å²) >= 11 is 0. The van der Waals surface area contributed by atoms with Crippen molar-refractivity contribution in [3.8, 4) is 11.3 Å². The van der Waals surface area contributed by atoms with E-state index in [1.165, 1.54) is 32.4 Å². The molecule has 0 radical (unpaired) electrons. The van der Waals surface area contributed by atoms with Crippen LogP contribution in [0, 0.1) is 5.82 Å². The number of benzene rings is 1. The van der Waals surface area contributed by atoms with E-state index in [0.717, 1.165) is 15.2 Å². The molecule has 2 N–H and O–H groups in total. The molecule has 128 valence electrons. The lowest BCUT2D eigenvalue weighted by Gasteiger charge is -2.08. The van der Waals surface area contributed by atoms with Crippen LogP contribution in [0.4, 0.5) is 10.3 Å². The van der Waals surface area contributed by atoms with Gasteiger partial charge in [0.05, 0.1) is 11.9 Å². The second-order valence-electron chi connectivity index (χ2n) is 5.37. The molecule has 0 spiro atoms. The number of nitrogens with one attached hydrogen (secondary N) is 2. The molecule has 2 aromatic heterocycles. The van der Waals surface area contributed by atoms with Gasteiger partial charge in [-0.2, -0.15) is 0 Å². The molecule has 0 saturated heterocycles. The number of aromatic nitrogens is 4. The summed E-state index contributed by atoms with van der Waals surface area (Å²) in [5, 5.41) is 2.49. The van der Waals surface area contributed by atoms with Crippen LogP contribution in [0.1, 0.15) is 10.5 Å². The first-order valence-electron chi connectivity index (χ1n) is 7.26. The number of halogens is 1. The highest BCUT2D eigenvalue weighted by Crippen LogP contribution is 2.18. The summed E-state index contributed by atoms with van der Waals surface area (Å²) in [6.07, 6.45) is 1.48. The van der Waals surface area contributed by atoms with Crippen molar-refractivity contribution in [2.75, 3.05) is 5.32 Å². The molecule has 0 aliphatic heterocycles. The summed E-state index contributed by atoms with van der Waals surface area (Å²) in [6, 6.07) is 6.83. The van der Waals surface area contributed by atoms with Gasteiger partial charge in [0.2, 0.25) is 5.95 Å². The van der Waals surface area contributed by atoms with Crippen molar-refractivity contribution in [1.82, 2.24) is 19.1 Å². The van der Waals surface area contributed by atoms with E-state index in [9.17, 15) is 18.8 Å². The Hall–Kier alpha value is -3.49. The molecule has 0 aliphatic carbocycles. The zero-order valence-electron chi connectivity index (χ0n) is 13.4. The quantitative estimate of drug-likeness (QED) is 0.736. The number of aromatic amines is 1. The van der Waals surface area contributed by atoms with E-state index in [0.29, 0.717) is 11.3 Å². The summed E-state index contributed by atoms with van der Waals surface area (Å²) < 4.78 is 14.9. The number of hydrogen-bond donors (Lipinski definition) is 2. The van der Waals surface area contributed by atoms with Crippen LogP contribution in [0.5, 0.6) is 0 Å². The molecule has 3 aromatic rings. The highest BCUT2D eigenvalue weighted by molar-refractivity contribution is 6.02. The number of carbonyl (C=O) groups excluding carboxylic acids is 1. The van der Waals surface area contributed by atoms with Crippen molar-refractivity contribution >= 4 is 11.9 Å². The van der Waals surface area contributed by atoms with Gasteiger partial charge in [0, 0.05) is 20.2 Å². The van der Waals surface area contributed by atoms with Gasteiger partial charge in [-0.15, -0.1) is 0 Å². The molecule has 0 atom stereocenters. The van der Waals surface area contributed by atoms with Gasteiger partial charge in [-0.05, 0) is 29.8 Å². The number of nitrogens with zero attached hydrogens (tertiary/aromatic N) is 3. The average Bonchev–Trinajstić information content (AvgIpc) is 3.05. The third kappa shape index (κ3) is 3.11. The average molecular weight is 343 g/mol. The fourth-order valence-corrected chi connectivity index (χ4v) is 2.28. The van der Waals surface area contributed by atoms with Gasteiger partial charge < -0.3 is 4.98 Å². The molecule has 3 rings (SSSR count). The summed E-state index contributed by atoms with van der Waals surface area (Å²) in [6.45, 7) is 0. The van der Waals surface area contributed by atoms with E-state index in [-0.39, 0.29) is 17.5 Å². The maximum Gasteiger partial charge on any atom is 0.331 e. The van der Waals surface area contributed by atoms with E-state index >= 15 is 0 Å². The molecule has 0 saturated carbocycles. The Kier molecular flexibility index (Phi) is 4.05. The smallest absolute Gasteiger partial charge is 0.324 e. The SMILES string of the molecule is Cn1c(C(=O)Nc2ncc(-c3ccc(F)cc3)[nH]2)cc(=O)n(C)c1=O. The number of anilines is 1. The van der Waals surface area contributed by atoms with Gasteiger partial charge in [0.25, 0.3) is 11.5 Å². The lowest BCUT2D eigenvalue weighted by Crippen LogP contribution is -2.40. The highest BCUT2D eigenvalue weighted by Gasteiger charge is 2.15. The summed E-state index contributed by atoms with van der Waals surface area (Å²) in [5.74, 6) is -0.877. The maximum absolute atomic E-state index is 13.0. The lowest BCUT2D eigenvalue weighted by atomic mass is 10.2. The fourth-order valence-electron chi connectivity index (χ4n) is 2.28. The Labute approximate surface area is 140 Å². The van der Waals surface area contributed by atoms with E-state index in [1.54, 1.807) is 12.1 Å². The molecule has 0 bridgehead atoms. The Balaban J connectivity index is 1.86. The number of carbonyl (C=O) groups is 1. The molecule has 8 nitrogen and oxygen atoms in total. The van der Waals surface area contributed by atoms with Crippen molar-refractivity contribution in [2.45, 2.75) is 0 Å². The maximum atomic E-state index is 13.0. The van der Waals surface area contributed by atoms with E-state index in [2.05, 4.69) is 15.3 Å². The summed E-state index contributed by atoms with van der Waals surface area (Å²) in [4.78, 5) is 42.8. The van der Waals surface area contributed by atoms with Crippen LogP contribution in [0.25, 0.3) is 11.3 Å². The van der Waals surface area contributed by atoms with Crippen molar-refractivity contribution in [3.05, 3.63) is 68.9 Å². The molecule has 9 heteroatoms. The van der Waals surface area contributed by atoms with Crippen molar-refractivity contribution in [3.63, 3.8) is 0 Å². The molecule has 2 heterocycles. The Morgan fingerprint density at radius 1 is 1.16 bits per heavy atom. The van der Waals surface area contributed by atoms with Crippen LogP contribution in [0.3, 0.4) is 0 Å². The van der Waals surface area contributed by atoms with Crippen LogP contribution in [-0.2, 0) is 14.1 Å². The number of hydrogen-bond acceptors (Lipinski definition) is 4. The standard InChI is InChI=1S/C16H14FN5O3/c1-21-12(7-13(23)22(2)16(21)25)14(24)20-15-18-8-11(19-15)9-3-5-10(17)6-4-9/h3-8H,1-2H3,(H2,18,19,20,24). The molecule has 0 fully saturated rings. The van der Waals surface area contributed by atoms with Gasteiger partial charge >= 0.3 is 5.69 Å². The first kappa shape index (κ1) is 16.4. The monoisotopic (exact) mass is 343 g/mol. The van der Waals surface area contributed by atoms with Gasteiger partial charge in [0.1, 0.15) is 11.5 Å². The third-order valence-corrected chi connectivity index (χ3v) is 3.72. The molecular formula is C16H14FN5O3. The molecule has 25 heavy (non-hydrogen) atoms. The topological polar surface area (TPSA) is 102 Å². The minimum Gasteiger partial charge on any atom is -0.324 e. The van der Waals surface area contributed by atoms with E-state index < -0.39 is 17.2 Å². The van der Waals surface area contributed by atoms with Gasteiger partial charge in [-0.1, -0.05) is 0 Å². The molecule has 1 aromatic carbocycles.